The van der Waals surface area contributed by atoms with Crippen LogP contribution in [0.2, 0.25) is 0 Å². The van der Waals surface area contributed by atoms with Gasteiger partial charge in [-0.15, -0.1) is 0 Å². The quantitative estimate of drug-likeness (QED) is 0.856. The molecular weight excluding hydrogens is 250 g/mol. The van der Waals surface area contributed by atoms with Gasteiger partial charge in [0.1, 0.15) is 24.0 Å². The topological polar surface area (TPSA) is 49.1 Å². The summed E-state index contributed by atoms with van der Waals surface area (Å²) in [6.07, 6.45) is 1.57. The summed E-state index contributed by atoms with van der Waals surface area (Å²) in [5.74, 6) is 0.619. The first-order valence-corrected chi connectivity index (χ1v) is 6.54. The summed E-state index contributed by atoms with van der Waals surface area (Å²) in [5, 5.41) is 10.1. The number of hydrogen-bond acceptors (Lipinski definition) is 4. The minimum atomic E-state index is -0.114. The van der Waals surface area contributed by atoms with Gasteiger partial charge < -0.3 is 9.64 Å². The van der Waals surface area contributed by atoms with Gasteiger partial charge in [-0.1, -0.05) is 12.1 Å². The molecule has 0 unspecified atom stereocenters. The van der Waals surface area contributed by atoms with E-state index < -0.39 is 0 Å². The molecule has 1 heterocycles. The zero-order chi connectivity index (χ0) is 14.8. The van der Waals surface area contributed by atoms with Crippen molar-refractivity contribution in [2.24, 2.45) is 0 Å². The summed E-state index contributed by atoms with van der Waals surface area (Å²) in [4.78, 5) is 6.38. The van der Waals surface area contributed by atoms with E-state index in [1.54, 1.807) is 6.20 Å². The zero-order valence-corrected chi connectivity index (χ0v) is 12.3. The van der Waals surface area contributed by atoms with Crippen LogP contribution in [-0.2, 0) is 0 Å². The fraction of sp³-hybridized carbons (Fsp3) is 0.375. The molecule has 4 nitrogen and oxygen atoms in total. The van der Waals surface area contributed by atoms with E-state index in [0.717, 1.165) is 10.9 Å². The zero-order valence-electron chi connectivity index (χ0n) is 12.3. The van der Waals surface area contributed by atoms with Gasteiger partial charge in [0.2, 0.25) is 0 Å². The number of rotatable bonds is 4. The van der Waals surface area contributed by atoms with Crippen LogP contribution in [0.5, 0.6) is 5.75 Å². The van der Waals surface area contributed by atoms with E-state index in [-0.39, 0.29) is 5.54 Å². The van der Waals surface area contributed by atoms with Gasteiger partial charge in [0.05, 0.1) is 5.52 Å². The van der Waals surface area contributed by atoms with Crippen LogP contribution in [0.1, 0.15) is 19.4 Å². The Labute approximate surface area is 119 Å². The molecule has 0 aliphatic carbocycles. The molecule has 1 aromatic heterocycles. The average molecular weight is 269 g/mol. The van der Waals surface area contributed by atoms with Crippen molar-refractivity contribution in [2.75, 3.05) is 20.7 Å². The maximum atomic E-state index is 9.24. The molecule has 0 amide bonds. The summed E-state index contributed by atoms with van der Waals surface area (Å²) in [7, 11) is 4.03. The molecule has 1 aromatic carbocycles. The number of para-hydroxylation sites is 1. The second kappa shape index (κ2) is 5.48. The predicted molar refractivity (Wildman–Crippen MR) is 79.7 cm³/mol. The van der Waals surface area contributed by atoms with Crippen molar-refractivity contribution < 1.29 is 4.74 Å². The fourth-order valence-electron chi connectivity index (χ4n) is 1.73. The Bertz CT molecular complexity index is 656. The smallest absolute Gasteiger partial charge is 0.148 e. The second-order valence-corrected chi connectivity index (χ2v) is 5.63. The third kappa shape index (κ3) is 2.73. The first-order valence-electron chi connectivity index (χ1n) is 6.54. The molecule has 0 fully saturated rings. The van der Waals surface area contributed by atoms with Crippen molar-refractivity contribution in [3.05, 3.63) is 36.0 Å². The van der Waals surface area contributed by atoms with Gasteiger partial charge in [-0.05, 0) is 40.1 Å². The third-order valence-electron chi connectivity index (χ3n) is 3.63. The minimum absolute atomic E-state index is 0.114. The summed E-state index contributed by atoms with van der Waals surface area (Å²) in [6.45, 7) is 4.70. The Morgan fingerprint density at radius 3 is 2.65 bits per heavy atom. The maximum absolute atomic E-state index is 9.24. The lowest BCUT2D eigenvalue weighted by molar-refractivity contribution is 0.115. The normalized spacial score (nSPS) is 11.6. The summed E-state index contributed by atoms with van der Waals surface area (Å²) < 4.78 is 5.96. The molecule has 2 rings (SSSR count). The van der Waals surface area contributed by atoms with Crippen molar-refractivity contribution in [3.63, 3.8) is 0 Å². The Balaban J connectivity index is 2.40. The molecule has 20 heavy (non-hydrogen) atoms. The number of hydrogen-bond donors (Lipinski definition) is 0. The van der Waals surface area contributed by atoms with Crippen molar-refractivity contribution in [2.45, 2.75) is 19.4 Å². The van der Waals surface area contributed by atoms with Crippen LogP contribution in [0.3, 0.4) is 0 Å². The predicted octanol–water partition coefficient (Wildman–Crippen LogP) is 2.83. The van der Waals surface area contributed by atoms with Crippen LogP contribution in [0.4, 0.5) is 0 Å². The molecule has 0 saturated heterocycles. The number of nitrogens with zero attached hydrogens (tertiary/aromatic N) is 3. The van der Waals surface area contributed by atoms with Crippen molar-refractivity contribution >= 4 is 10.9 Å². The lowest BCUT2D eigenvalue weighted by atomic mass is 10.1. The summed E-state index contributed by atoms with van der Waals surface area (Å²) >= 11 is 0. The highest BCUT2D eigenvalue weighted by Crippen LogP contribution is 2.28. The number of fused-ring (bicyclic) bond motifs is 1. The highest BCUT2D eigenvalue weighted by Gasteiger charge is 2.22. The largest absolute Gasteiger partial charge is 0.490 e. The molecule has 0 saturated carbocycles. The monoisotopic (exact) mass is 269 g/mol. The fourth-order valence-corrected chi connectivity index (χ4v) is 1.73. The van der Waals surface area contributed by atoms with Gasteiger partial charge in [0.15, 0.2) is 0 Å². The Morgan fingerprint density at radius 1 is 1.30 bits per heavy atom. The van der Waals surface area contributed by atoms with Crippen LogP contribution >= 0.6 is 0 Å². The number of aromatic nitrogens is 1. The Hall–Kier alpha value is -2.12. The highest BCUT2D eigenvalue weighted by atomic mass is 16.5. The standard InChI is InChI=1S/C16H19N3O/c1-16(2,19(3)4)11-20-15-12(9-17)10-18-14-8-6-5-7-13(14)15/h5-8,10H,11H2,1-4H3. The van der Waals surface area contributed by atoms with E-state index in [1.165, 1.54) is 0 Å². The molecule has 0 spiro atoms. The molecule has 104 valence electrons. The molecule has 2 aromatic rings. The van der Waals surface area contributed by atoms with Crippen LogP contribution in [0, 0.1) is 11.3 Å². The average Bonchev–Trinajstić information content (AvgIpc) is 2.44. The van der Waals surface area contributed by atoms with Crippen LogP contribution in [0.15, 0.2) is 30.5 Å². The van der Waals surface area contributed by atoms with Gasteiger partial charge in [0, 0.05) is 17.1 Å². The molecule has 0 radical (unpaired) electrons. The Morgan fingerprint density at radius 2 is 2.00 bits per heavy atom. The van der Waals surface area contributed by atoms with Crippen LogP contribution in [0.25, 0.3) is 10.9 Å². The highest BCUT2D eigenvalue weighted by molar-refractivity contribution is 5.87. The van der Waals surface area contributed by atoms with E-state index in [2.05, 4.69) is 29.8 Å². The molecule has 0 N–H and O–H groups in total. The van der Waals surface area contributed by atoms with Crippen molar-refractivity contribution in [1.29, 1.82) is 5.26 Å². The number of ether oxygens (including phenoxy) is 1. The number of pyridine rings is 1. The SMILES string of the molecule is CN(C)C(C)(C)COc1c(C#N)cnc2ccccc12. The lowest BCUT2D eigenvalue weighted by Gasteiger charge is -2.32. The van der Waals surface area contributed by atoms with Gasteiger partial charge in [-0.3, -0.25) is 4.98 Å². The van der Waals surface area contributed by atoms with E-state index in [1.807, 2.05) is 38.4 Å². The molecule has 0 atom stereocenters. The molecular formula is C16H19N3O. The summed E-state index contributed by atoms with van der Waals surface area (Å²) in [5.41, 5.74) is 1.19. The van der Waals surface area contributed by atoms with E-state index in [0.29, 0.717) is 17.9 Å². The third-order valence-corrected chi connectivity index (χ3v) is 3.63. The molecule has 4 heteroatoms. The van der Waals surface area contributed by atoms with Crippen LogP contribution < -0.4 is 4.74 Å². The second-order valence-electron chi connectivity index (χ2n) is 5.63. The first-order chi connectivity index (χ1) is 9.45. The molecule has 0 bridgehead atoms. The van der Waals surface area contributed by atoms with E-state index in [9.17, 15) is 5.26 Å². The van der Waals surface area contributed by atoms with E-state index in [4.69, 9.17) is 4.74 Å². The van der Waals surface area contributed by atoms with Crippen molar-refractivity contribution in [3.8, 4) is 11.8 Å². The molecule has 0 aliphatic rings. The molecule has 0 aliphatic heterocycles. The summed E-state index contributed by atoms with van der Waals surface area (Å²) in [6, 6.07) is 9.85. The van der Waals surface area contributed by atoms with E-state index >= 15 is 0 Å². The first kappa shape index (κ1) is 14.3. The van der Waals surface area contributed by atoms with Gasteiger partial charge in [-0.25, -0.2) is 0 Å². The van der Waals surface area contributed by atoms with Gasteiger partial charge in [-0.2, -0.15) is 5.26 Å². The minimum Gasteiger partial charge on any atom is -0.490 e. The number of nitriles is 1. The maximum Gasteiger partial charge on any atom is 0.148 e. The number of likely N-dealkylation sites (N-methyl/N-ethyl adjacent to an activating group) is 1. The number of benzene rings is 1. The van der Waals surface area contributed by atoms with Crippen molar-refractivity contribution in [1.82, 2.24) is 9.88 Å². The Kier molecular flexibility index (Phi) is 3.91. The van der Waals surface area contributed by atoms with Gasteiger partial charge >= 0.3 is 0 Å². The van der Waals surface area contributed by atoms with Crippen LogP contribution in [-0.4, -0.2) is 36.1 Å². The van der Waals surface area contributed by atoms with Gasteiger partial charge in [0.25, 0.3) is 0 Å². The lowest BCUT2D eigenvalue weighted by Crippen LogP contribution is -2.43.